The van der Waals surface area contributed by atoms with Gasteiger partial charge in [0.25, 0.3) is 0 Å². The Balaban J connectivity index is 1.66. The minimum atomic E-state index is -0.268. The van der Waals surface area contributed by atoms with Gasteiger partial charge >= 0.3 is 5.97 Å². The minimum absolute atomic E-state index is 0.0585. The van der Waals surface area contributed by atoms with Gasteiger partial charge in [-0.3, -0.25) is 14.4 Å². The van der Waals surface area contributed by atoms with Crippen LogP contribution in [-0.4, -0.2) is 23.6 Å². The van der Waals surface area contributed by atoms with E-state index in [4.69, 9.17) is 4.74 Å². The first-order valence-electron chi connectivity index (χ1n) is 10.3. The van der Waals surface area contributed by atoms with Crippen LogP contribution in [0.2, 0.25) is 0 Å². The van der Waals surface area contributed by atoms with Crippen molar-refractivity contribution in [2.24, 2.45) is 34.0 Å². The molecule has 0 heterocycles. The topological polar surface area (TPSA) is 60.4 Å². The summed E-state index contributed by atoms with van der Waals surface area (Å²) in [6.45, 7) is 8.20. The Kier molecular flexibility index (Phi) is 3.95. The van der Waals surface area contributed by atoms with Gasteiger partial charge in [-0.1, -0.05) is 20.8 Å². The maximum absolute atomic E-state index is 13.3. The van der Waals surface area contributed by atoms with Gasteiger partial charge in [0.05, 0.1) is 0 Å². The summed E-state index contributed by atoms with van der Waals surface area (Å²) in [6.07, 6.45) is 6.67. The Morgan fingerprint density at radius 3 is 2.46 bits per heavy atom. The monoisotopic (exact) mass is 360 g/mol. The van der Waals surface area contributed by atoms with Crippen LogP contribution in [0.4, 0.5) is 0 Å². The van der Waals surface area contributed by atoms with Crippen LogP contribution in [0.25, 0.3) is 0 Å². The SMILES string of the molecule is CC(=O)O[C@@H]1CC[C@]2(C)[C@@H]3CC[C@@]4(C)C(=O)CC[C@@H]4[C@@H]3C(=O)C[C@@]2(C)C1. The van der Waals surface area contributed by atoms with E-state index < -0.39 is 0 Å². The Morgan fingerprint density at radius 1 is 1.04 bits per heavy atom. The van der Waals surface area contributed by atoms with E-state index >= 15 is 0 Å². The summed E-state index contributed by atoms with van der Waals surface area (Å²) >= 11 is 0. The normalized spacial score (nSPS) is 50.6. The van der Waals surface area contributed by atoms with Crippen LogP contribution in [-0.2, 0) is 19.1 Å². The van der Waals surface area contributed by atoms with E-state index in [1.54, 1.807) is 0 Å². The van der Waals surface area contributed by atoms with E-state index in [1.165, 1.54) is 6.92 Å². The lowest BCUT2D eigenvalue weighted by Crippen LogP contribution is -2.61. The van der Waals surface area contributed by atoms with Crippen molar-refractivity contribution in [3.8, 4) is 0 Å². The highest BCUT2D eigenvalue weighted by molar-refractivity contribution is 5.90. The van der Waals surface area contributed by atoms with E-state index in [0.717, 1.165) is 38.5 Å². The number of fused-ring (bicyclic) bond motifs is 5. The molecule has 0 radical (unpaired) electrons. The highest BCUT2D eigenvalue weighted by Gasteiger charge is 2.66. The number of rotatable bonds is 1. The van der Waals surface area contributed by atoms with E-state index in [2.05, 4.69) is 20.8 Å². The summed E-state index contributed by atoms with van der Waals surface area (Å²) in [5.74, 6) is 1.20. The Hall–Kier alpha value is -1.19. The molecule has 26 heavy (non-hydrogen) atoms. The second-order valence-corrected chi connectivity index (χ2v) is 10.3. The zero-order valence-corrected chi connectivity index (χ0v) is 16.6. The molecule has 0 saturated heterocycles. The van der Waals surface area contributed by atoms with E-state index in [0.29, 0.717) is 30.3 Å². The Labute approximate surface area is 156 Å². The van der Waals surface area contributed by atoms with Crippen LogP contribution >= 0.6 is 0 Å². The number of hydrogen-bond acceptors (Lipinski definition) is 4. The van der Waals surface area contributed by atoms with Crippen molar-refractivity contribution in [2.75, 3.05) is 0 Å². The molecule has 144 valence electrons. The molecule has 0 unspecified atom stereocenters. The van der Waals surface area contributed by atoms with Crippen LogP contribution in [0, 0.1) is 34.0 Å². The number of hydrogen-bond donors (Lipinski definition) is 0. The molecule has 0 N–H and O–H groups in total. The maximum Gasteiger partial charge on any atom is 0.302 e. The van der Waals surface area contributed by atoms with E-state index in [9.17, 15) is 14.4 Å². The molecule has 0 aromatic heterocycles. The van der Waals surface area contributed by atoms with E-state index in [1.807, 2.05) is 0 Å². The first-order chi connectivity index (χ1) is 12.1. The fourth-order valence-electron chi connectivity index (χ4n) is 7.42. The molecule has 4 fully saturated rings. The molecule has 4 aliphatic carbocycles. The Bertz CT molecular complexity index is 669. The van der Waals surface area contributed by atoms with Gasteiger partial charge in [0.15, 0.2) is 0 Å². The fraction of sp³-hybridized carbons (Fsp3) is 0.864. The van der Waals surface area contributed by atoms with Crippen molar-refractivity contribution in [3.05, 3.63) is 0 Å². The smallest absolute Gasteiger partial charge is 0.302 e. The van der Waals surface area contributed by atoms with Gasteiger partial charge in [-0.05, 0) is 61.2 Å². The summed E-state index contributed by atoms with van der Waals surface area (Å²) in [5.41, 5.74) is -0.287. The first-order valence-corrected chi connectivity index (χ1v) is 10.3. The van der Waals surface area contributed by atoms with Crippen LogP contribution in [0.3, 0.4) is 0 Å². The number of ketones is 2. The molecule has 4 saturated carbocycles. The van der Waals surface area contributed by atoms with E-state index in [-0.39, 0.29) is 40.2 Å². The number of carbonyl (C=O) groups excluding carboxylic acids is 3. The lowest BCUT2D eigenvalue weighted by molar-refractivity contribution is -0.185. The van der Waals surface area contributed by atoms with Gasteiger partial charge in [-0.15, -0.1) is 0 Å². The van der Waals surface area contributed by atoms with Crippen molar-refractivity contribution in [1.82, 2.24) is 0 Å². The number of ether oxygens (including phenoxy) is 1. The first kappa shape index (κ1) is 18.2. The molecule has 7 atom stereocenters. The van der Waals surface area contributed by atoms with Gasteiger partial charge in [0.2, 0.25) is 0 Å². The molecule has 0 spiro atoms. The van der Waals surface area contributed by atoms with Gasteiger partial charge in [-0.2, -0.15) is 0 Å². The zero-order valence-electron chi connectivity index (χ0n) is 16.6. The lowest BCUT2D eigenvalue weighted by Gasteiger charge is -2.63. The predicted octanol–water partition coefficient (Wildman–Crippen LogP) is 4.10. The van der Waals surface area contributed by atoms with Crippen molar-refractivity contribution < 1.29 is 19.1 Å². The molecular weight excluding hydrogens is 328 g/mol. The third-order valence-corrected chi connectivity index (χ3v) is 9.11. The van der Waals surface area contributed by atoms with Gasteiger partial charge in [0, 0.05) is 31.1 Å². The molecular formula is C22H32O4. The zero-order chi connectivity index (χ0) is 18.9. The largest absolute Gasteiger partial charge is 0.463 e. The van der Waals surface area contributed by atoms with Gasteiger partial charge in [-0.25, -0.2) is 0 Å². The quantitative estimate of drug-likeness (QED) is 0.661. The van der Waals surface area contributed by atoms with Gasteiger partial charge in [0.1, 0.15) is 17.7 Å². The fourth-order valence-corrected chi connectivity index (χ4v) is 7.42. The van der Waals surface area contributed by atoms with Crippen molar-refractivity contribution >= 4 is 17.5 Å². The molecule has 0 aromatic rings. The number of carbonyl (C=O) groups is 3. The lowest BCUT2D eigenvalue weighted by atomic mass is 9.40. The average Bonchev–Trinajstić information content (AvgIpc) is 2.84. The average molecular weight is 360 g/mol. The Morgan fingerprint density at radius 2 is 1.77 bits per heavy atom. The van der Waals surface area contributed by atoms with Crippen LogP contribution in [0.5, 0.6) is 0 Å². The summed E-state index contributed by atoms with van der Waals surface area (Å²) in [7, 11) is 0. The third kappa shape index (κ3) is 2.29. The van der Waals surface area contributed by atoms with Gasteiger partial charge < -0.3 is 4.74 Å². The standard InChI is InChI=1S/C22H32O4/c1-13(23)26-14-7-10-22(4)16-8-9-21(3)15(5-6-18(21)25)19(16)17(24)12-20(22,2)11-14/h14-16,19H,5-12H2,1-4H3/t14-,15-,16-,19+,20-,21-,22-/m1/s1. The molecule has 4 aliphatic rings. The second-order valence-electron chi connectivity index (χ2n) is 10.3. The highest BCUT2D eigenvalue weighted by atomic mass is 16.5. The van der Waals surface area contributed by atoms with Crippen molar-refractivity contribution in [1.29, 1.82) is 0 Å². The summed E-state index contributed by atoms with van der Waals surface area (Å²) in [4.78, 5) is 37.3. The molecule has 0 aromatic carbocycles. The molecule has 0 amide bonds. The van der Waals surface area contributed by atoms with Crippen LogP contribution in [0.15, 0.2) is 0 Å². The minimum Gasteiger partial charge on any atom is -0.463 e. The van der Waals surface area contributed by atoms with Crippen molar-refractivity contribution in [3.63, 3.8) is 0 Å². The second kappa shape index (κ2) is 5.65. The highest BCUT2D eigenvalue weighted by Crippen LogP contribution is 2.68. The predicted molar refractivity (Wildman–Crippen MR) is 97.3 cm³/mol. The molecule has 4 nitrogen and oxygen atoms in total. The molecule has 0 aliphatic heterocycles. The van der Waals surface area contributed by atoms with Crippen LogP contribution < -0.4 is 0 Å². The summed E-state index contributed by atoms with van der Waals surface area (Å²) < 4.78 is 5.53. The maximum atomic E-state index is 13.3. The number of Topliss-reactive ketones (excluding diaryl/α,β-unsaturated/α-hetero) is 2. The molecule has 4 heteroatoms. The molecule has 0 bridgehead atoms. The summed E-state index contributed by atoms with van der Waals surface area (Å²) in [6, 6.07) is 0. The van der Waals surface area contributed by atoms with Crippen LogP contribution in [0.1, 0.15) is 79.1 Å². The number of esters is 1. The van der Waals surface area contributed by atoms with Crippen molar-refractivity contribution in [2.45, 2.75) is 85.2 Å². The molecule has 4 rings (SSSR count). The summed E-state index contributed by atoms with van der Waals surface area (Å²) in [5, 5.41) is 0. The third-order valence-electron chi connectivity index (χ3n) is 9.11.